The Labute approximate surface area is 181 Å². The maximum absolute atomic E-state index is 13.4. The number of carbonyl (C=O) groups is 1. The first-order valence-electron chi connectivity index (χ1n) is 11.4. The third kappa shape index (κ3) is 3.18. The van der Waals surface area contributed by atoms with E-state index >= 15 is 0 Å². The number of rotatable bonds is 6. The Balaban J connectivity index is 1.13. The Bertz CT molecular complexity index is 1060. The fraction of sp³-hybridized carbons (Fsp3) is 0.500. The van der Waals surface area contributed by atoms with Gasteiger partial charge in [-0.2, -0.15) is 10.2 Å². The minimum Gasteiger partial charge on any atom is -0.355 e. The number of hydrogen-bond donors (Lipinski definition) is 1. The monoisotopic (exact) mass is 416 g/mol. The van der Waals surface area contributed by atoms with Crippen molar-refractivity contribution in [3.63, 3.8) is 0 Å². The fourth-order valence-corrected chi connectivity index (χ4v) is 6.92. The molecule has 1 amide bonds. The number of aromatic nitrogens is 5. The first-order chi connectivity index (χ1) is 15.1. The van der Waals surface area contributed by atoms with Crippen molar-refractivity contribution in [2.24, 2.45) is 17.3 Å². The molecule has 7 heteroatoms. The van der Waals surface area contributed by atoms with Gasteiger partial charge in [-0.25, -0.2) is 14.3 Å². The van der Waals surface area contributed by atoms with Crippen LogP contribution in [0, 0.1) is 17.3 Å². The molecular weight excluding hydrogens is 388 g/mol. The Hall–Kier alpha value is -2.96. The smallest absolute Gasteiger partial charge is 0.226 e. The number of carbonyl (C=O) groups excluding carboxylic acids is 1. The number of hydrogen-bond acceptors (Lipinski definition) is 4. The van der Waals surface area contributed by atoms with E-state index in [-0.39, 0.29) is 16.9 Å². The van der Waals surface area contributed by atoms with E-state index in [0.29, 0.717) is 18.4 Å². The predicted octanol–water partition coefficient (Wildman–Crippen LogP) is 3.12. The van der Waals surface area contributed by atoms with Gasteiger partial charge in [-0.1, -0.05) is 18.2 Å². The van der Waals surface area contributed by atoms with Crippen molar-refractivity contribution in [1.82, 2.24) is 29.9 Å². The van der Waals surface area contributed by atoms with Crippen LogP contribution in [0.15, 0.2) is 55.4 Å². The number of nitrogens with one attached hydrogen (secondary N) is 1. The average Bonchev–Trinajstić information content (AvgIpc) is 3.46. The first-order valence-corrected chi connectivity index (χ1v) is 11.4. The van der Waals surface area contributed by atoms with E-state index in [1.165, 1.54) is 6.42 Å². The molecule has 2 heterocycles. The zero-order valence-corrected chi connectivity index (χ0v) is 17.7. The number of amides is 1. The minimum absolute atomic E-state index is 0.0191. The maximum atomic E-state index is 13.4. The summed E-state index contributed by atoms with van der Waals surface area (Å²) in [5.41, 5.74) is 1.91. The molecular formula is C24H28N6O. The fourth-order valence-electron chi connectivity index (χ4n) is 6.92. The van der Waals surface area contributed by atoms with Gasteiger partial charge in [0.1, 0.15) is 12.7 Å². The van der Waals surface area contributed by atoms with Gasteiger partial charge in [0.25, 0.3) is 0 Å². The summed E-state index contributed by atoms with van der Waals surface area (Å²) in [6.45, 7) is 0.646. The molecule has 2 unspecified atom stereocenters. The lowest BCUT2D eigenvalue weighted by atomic mass is 9.46. The molecule has 0 radical (unpaired) electrons. The molecule has 0 spiro atoms. The highest BCUT2D eigenvalue weighted by Gasteiger charge is 2.61. The van der Waals surface area contributed by atoms with Crippen LogP contribution in [0.1, 0.15) is 44.1 Å². The molecule has 4 bridgehead atoms. The SMILES string of the molecule is O=C(NCCc1cnn(-c2ccccc2)c1)C12CC3CC(C1)CC(n1cncn1)(C3)C2. The van der Waals surface area contributed by atoms with Crippen molar-refractivity contribution in [3.05, 3.63) is 60.9 Å². The third-order valence-corrected chi connectivity index (χ3v) is 7.77. The lowest BCUT2D eigenvalue weighted by molar-refractivity contribution is -0.156. The second-order valence-electron chi connectivity index (χ2n) is 9.94. The molecule has 7 nitrogen and oxygen atoms in total. The van der Waals surface area contributed by atoms with Gasteiger partial charge >= 0.3 is 0 Å². The summed E-state index contributed by atoms with van der Waals surface area (Å²) in [5, 5.41) is 12.2. The summed E-state index contributed by atoms with van der Waals surface area (Å²) >= 11 is 0. The first kappa shape index (κ1) is 18.8. The normalized spacial score (nSPS) is 31.1. The lowest BCUT2D eigenvalue weighted by Crippen LogP contribution is -2.61. The van der Waals surface area contributed by atoms with Gasteiger partial charge in [-0.05, 0) is 74.5 Å². The van der Waals surface area contributed by atoms with Crippen LogP contribution in [0.2, 0.25) is 0 Å². The van der Waals surface area contributed by atoms with E-state index in [1.54, 1.807) is 6.33 Å². The molecule has 4 fully saturated rings. The van der Waals surface area contributed by atoms with Gasteiger partial charge < -0.3 is 5.32 Å². The molecule has 0 aliphatic heterocycles. The summed E-state index contributed by atoms with van der Waals surface area (Å²) < 4.78 is 3.95. The molecule has 160 valence electrons. The van der Waals surface area contributed by atoms with Crippen molar-refractivity contribution in [2.75, 3.05) is 6.54 Å². The van der Waals surface area contributed by atoms with Crippen LogP contribution in [-0.4, -0.2) is 37.0 Å². The van der Waals surface area contributed by atoms with Gasteiger partial charge in [-0.3, -0.25) is 4.79 Å². The Morgan fingerprint density at radius 2 is 1.90 bits per heavy atom. The summed E-state index contributed by atoms with van der Waals surface area (Å²) in [4.78, 5) is 17.6. The molecule has 1 aromatic carbocycles. The van der Waals surface area contributed by atoms with Gasteiger partial charge in [0.2, 0.25) is 5.91 Å². The number of para-hydroxylation sites is 1. The molecule has 2 aromatic heterocycles. The van der Waals surface area contributed by atoms with Crippen molar-refractivity contribution in [2.45, 2.75) is 50.5 Å². The largest absolute Gasteiger partial charge is 0.355 e. The highest BCUT2D eigenvalue weighted by Crippen LogP contribution is 2.64. The third-order valence-electron chi connectivity index (χ3n) is 7.77. The standard InChI is InChI=1S/C24H28N6O/c31-22(26-7-6-18-13-27-29(14-18)21-4-2-1-3-5-21)23-9-19-8-20(10-23)12-24(11-19,15-23)30-17-25-16-28-30/h1-5,13-14,16-17,19-20H,6-12,15H2,(H,26,31). The maximum Gasteiger partial charge on any atom is 0.226 e. The van der Waals surface area contributed by atoms with Crippen LogP contribution >= 0.6 is 0 Å². The van der Waals surface area contributed by atoms with Crippen LogP contribution in [0.3, 0.4) is 0 Å². The molecule has 2 atom stereocenters. The quantitative estimate of drug-likeness (QED) is 0.670. The van der Waals surface area contributed by atoms with Crippen LogP contribution in [0.5, 0.6) is 0 Å². The molecule has 4 aliphatic carbocycles. The molecule has 4 aliphatic rings. The Morgan fingerprint density at radius 1 is 1.10 bits per heavy atom. The van der Waals surface area contributed by atoms with Gasteiger partial charge in [-0.15, -0.1) is 0 Å². The molecule has 31 heavy (non-hydrogen) atoms. The van der Waals surface area contributed by atoms with E-state index in [0.717, 1.165) is 49.8 Å². The minimum atomic E-state index is -0.246. The second-order valence-corrected chi connectivity index (χ2v) is 9.94. The summed E-state index contributed by atoms with van der Waals surface area (Å²) in [6.07, 6.45) is 14.7. The second kappa shape index (κ2) is 7.04. The van der Waals surface area contributed by atoms with Crippen molar-refractivity contribution in [1.29, 1.82) is 0 Å². The highest BCUT2D eigenvalue weighted by atomic mass is 16.2. The highest BCUT2D eigenvalue weighted by molar-refractivity contribution is 5.83. The van der Waals surface area contributed by atoms with Crippen LogP contribution in [0.25, 0.3) is 5.69 Å². The van der Waals surface area contributed by atoms with Crippen molar-refractivity contribution < 1.29 is 4.79 Å². The number of nitrogens with zero attached hydrogens (tertiary/aromatic N) is 5. The van der Waals surface area contributed by atoms with Crippen LogP contribution in [0.4, 0.5) is 0 Å². The van der Waals surface area contributed by atoms with E-state index < -0.39 is 0 Å². The Kier molecular flexibility index (Phi) is 4.26. The van der Waals surface area contributed by atoms with Crippen molar-refractivity contribution >= 4 is 5.91 Å². The van der Waals surface area contributed by atoms with Crippen molar-refractivity contribution in [3.8, 4) is 5.69 Å². The lowest BCUT2D eigenvalue weighted by Gasteiger charge is -2.60. The van der Waals surface area contributed by atoms with E-state index in [2.05, 4.69) is 25.2 Å². The predicted molar refractivity (Wildman–Crippen MR) is 115 cm³/mol. The molecule has 7 rings (SSSR count). The summed E-state index contributed by atoms with van der Waals surface area (Å²) in [6, 6.07) is 10.1. The number of benzene rings is 1. The molecule has 1 N–H and O–H groups in total. The zero-order chi connectivity index (χ0) is 20.9. The van der Waals surface area contributed by atoms with Crippen LogP contribution in [-0.2, 0) is 16.8 Å². The van der Waals surface area contributed by atoms with E-state index in [9.17, 15) is 4.79 Å². The topological polar surface area (TPSA) is 77.6 Å². The summed E-state index contributed by atoms with van der Waals surface area (Å²) in [5.74, 6) is 1.49. The van der Waals surface area contributed by atoms with Crippen LogP contribution < -0.4 is 5.32 Å². The average molecular weight is 417 g/mol. The Morgan fingerprint density at radius 3 is 2.65 bits per heavy atom. The van der Waals surface area contributed by atoms with Gasteiger partial charge in [0.05, 0.1) is 22.8 Å². The van der Waals surface area contributed by atoms with E-state index in [1.807, 2.05) is 53.7 Å². The zero-order valence-electron chi connectivity index (χ0n) is 17.7. The van der Waals surface area contributed by atoms with E-state index in [4.69, 9.17) is 0 Å². The summed E-state index contributed by atoms with van der Waals surface area (Å²) in [7, 11) is 0. The molecule has 4 saturated carbocycles. The van der Waals surface area contributed by atoms with Gasteiger partial charge in [0.15, 0.2) is 0 Å². The molecule has 3 aromatic rings. The van der Waals surface area contributed by atoms with Gasteiger partial charge in [0, 0.05) is 12.7 Å². The molecule has 0 saturated heterocycles.